The third-order valence-electron chi connectivity index (χ3n) is 4.39. The minimum absolute atomic E-state index is 0.0881. The predicted octanol–water partition coefficient (Wildman–Crippen LogP) is 2.93. The number of anilines is 1. The van der Waals surface area contributed by atoms with Gasteiger partial charge in [-0.3, -0.25) is 9.59 Å². The van der Waals surface area contributed by atoms with Gasteiger partial charge in [-0.25, -0.2) is 0 Å². The van der Waals surface area contributed by atoms with Gasteiger partial charge in [0.1, 0.15) is 11.5 Å². The summed E-state index contributed by atoms with van der Waals surface area (Å²) in [5.41, 5.74) is 0.171. The van der Waals surface area contributed by atoms with Gasteiger partial charge in [-0.1, -0.05) is 20.8 Å². The third-order valence-corrected chi connectivity index (χ3v) is 4.39. The SMILES string of the molecule is COc1ccc(NC(=O)C2CCCN(C(=O)C(C)(C)C)C2)c(OC)c1. The highest BCUT2D eigenvalue weighted by molar-refractivity contribution is 5.94. The van der Waals surface area contributed by atoms with Crippen LogP contribution in [0.1, 0.15) is 33.6 Å². The normalized spacial score (nSPS) is 17.8. The smallest absolute Gasteiger partial charge is 0.229 e. The van der Waals surface area contributed by atoms with Crippen LogP contribution in [0.5, 0.6) is 11.5 Å². The molecule has 0 spiro atoms. The first kappa shape index (κ1) is 19.1. The van der Waals surface area contributed by atoms with E-state index in [4.69, 9.17) is 9.47 Å². The molecule has 1 heterocycles. The van der Waals surface area contributed by atoms with Crippen LogP contribution in [0.4, 0.5) is 5.69 Å². The number of rotatable bonds is 4. The van der Waals surface area contributed by atoms with E-state index >= 15 is 0 Å². The van der Waals surface area contributed by atoms with Crippen molar-refractivity contribution in [3.05, 3.63) is 18.2 Å². The molecule has 0 radical (unpaired) electrons. The van der Waals surface area contributed by atoms with Gasteiger partial charge >= 0.3 is 0 Å². The number of methoxy groups -OCH3 is 2. The molecule has 0 aliphatic carbocycles. The Balaban J connectivity index is 2.07. The summed E-state index contributed by atoms with van der Waals surface area (Å²) in [6, 6.07) is 5.26. The highest BCUT2D eigenvalue weighted by Crippen LogP contribution is 2.30. The molecule has 0 bridgehead atoms. The Morgan fingerprint density at radius 2 is 1.92 bits per heavy atom. The molecule has 1 aliphatic heterocycles. The van der Waals surface area contributed by atoms with E-state index in [2.05, 4.69) is 5.32 Å². The summed E-state index contributed by atoms with van der Waals surface area (Å²) in [7, 11) is 3.13. The number of nitrogens with one attached hydrogen (secondary N) is 1. The van der Waals surface area contributed by atoms with Gasteiger partial charge in [0.05, 0.1) is 25.8 Å². The summed E-state index contributed by atoms with van der Waals surface area (Å²) in [5.74, 6) is 0.995. The number of benzene rings is 1. The van der Waals surface area contributed by atoms with E-state index in [0.29, 0.717) is 30.3 Å². The number of hydrogen-bond donors (Lipinski definition) is 1. The molecule has 1 fully saturated rings. The molecule has 25 heavy (non-hydrogen) atoms. The van der Waals surface area contributed by atoms with Crippen molar-refractivity contribution in [2.24, 2.45) is 11.3 Å². The van der Waals surface area contributed by atoms with Gasteiger partial charge in [-0.05, 0) is 25.0 Å². The molecule has 1 saturated heterocycles. The summed E-state index contributed by atoms with van der Waals surface area (Å²) < 4.78 is 10.5. The van der Waals surface area contributed by atoms with E-state index in [1.54, 1.807) is 37.3 Å². The second kappa shape index (κ2) is 7.76. The number of hydrogen-bond acceptors (Lipinski definition) is 4. The molecule has 2 rings (SSSR count). The molecule has 1 atom stereocenters. The average Bonchev–Trinajstić information content (AvgIpc) is 2.60. The molecule has 0 saturated carbocycles. The van der Waals surface area contributed by atoms with Crippen LogP contribution in [0.15, 0.2) is 18.2 Å². The van der Waals surface area contributed by atoms with E-state index in [1.807, 2.05) is 20.8 Å². The monoisotopic (exact) mass is 348 g/mol. The van der Waals surface area contributed by atoms with Gasteiger partial charge in [0.2, 0.25) is 11.8 Å². The molecular formula is C19H28N2O4. The lowest BCUT2D eigenvalue weighted by atomic mass is 9.91. The van der Waals surface area contributed by atoms with E-state index in [9.17, 15) is 9.59 Å². The van der Waals surface area contributed by atoms with Crippen molar-refractivity contribution in [2.75, 3.05) is 32.6 Å². The average molecular weight is 348 g/mol. The predicted molar refractivity (Wildman–Crippen MR) is 96.9 cm³/mol. The van der Waals surface area contributed by atoms with Crippen LogP contribution in [0, 0.1) is 11.3 Å². The van der Waals surface area contributed by atoms with Crippen LogP contribution in [0.25, 0.3) is 0 Å². The van der Waals surface area contributed by atoms with Crippen molar-refractivity contribution in [2.45, 2.75) is 33.6 Å². The van der Waals surface area contributed by atoms with Crippen LogP contribution in [-0.2, 0) is 9.59 Å². The van der Waals surface area contributed by atoms with Crippen molar-refractivity contribution in [3.8, 4) is 11.5 Å². The topological polar surface area (TPSA) is 67.9 Å². The fourth-order valence-electron chi connectivity index (χ4n) is 2.99. The molecule has 1 unspecified atom stereocenters. The first-order valence-electron chi connectivity index (χ1n) is 8.58. The Kier molecular flexibility index (Phi) is 5.93. The van der Waals surface area contributed by atoms with Gasteiger partial charge in [0.25, 0.3) is 0 Å². The van der Waals surface area contributed by atoms with Gasteiger partial charge in [-0.2, -0.15) is 0 Å². The zero-order valence-corrected chi connectivity index (χ0v) is 15.7. The van der Waals surface area contributed by atoms with Crippen LogP contribution in [0.3, 0.4) is 0 Å². The second-order valence-electron chi connectivity index (χ2n) is 7.40. The largest absolute Gasteiger partial charge is 0.497 e. The Morgan fingerprint density at radius 1 is 1.20 bits per heavy atom. The third kappa shape index (κ3) is 4.65. The fraction of sp³-hybridized carbons (Fsp3) is 0.579. The van der Waals surface area contributed by atoms with Gasteiger partial charge in [0.15, 0.2) is 0 Å². The zero-order valence-electron chi connectivity index (χ0n) is 15.7. The van der Waals surface area contributed by atoms with Crippen molar-refractivity contribution < 1.29 is 19.1 Å². The standard InChI is InChI=1S/C19H28N2O4/c1-19(2,3)18(23)21-10-6-7-13(12-21)17(22)20-15-9-8-14(24-4)11-16(15)25-5/h8-9,11,13H,6-7,10,12H2,1-5H3,(H,20,22). The lowest BCUT2D eigenvalue weighted by Crippen LogP contribution is -2.47. The summed E-state index contributed by atoms with van der Waals surface area (Å²) >= 11 is 0. The van der Waals surface area contributed by atoms with Gasteiger partial charge in [-0.15, -0.1) is 0 Å². The molecule has 138 valence electrons. The van der Waals surface area contributed by atoms with Gasteiger partial charge in [0, 0.05) is 24.6 Å². The summed E-state index contributed by atoms with van der Waals surface area (Å²) in [5, 5.41) is 2.92. The summed E-state index contributed by atoms with van der Waals surface area (Å²) in [4.78, 5) is 27.0. The molecule has 0 aromatic heterocycles. The van der Waals surface area contributed by atoms with E-state index in [-0.39, 0.29) is 17.7 Å². The maximum Gasteiger partial charge on any atom is 0.229 e. The molecule has 1 N–H and O–H groups in total. The fourth-order valence-corrected chi connectivity index (χ4v) is 2.99. The zero-order chi connectivity index (χ0) is 18.6. The van der Waals surface area contributed by atoms with E-state index in [0.717, 1.165) is 12.8 Å². The lowest BCUT2D eigenvalue weighted by Gasteiger charge is -2.35. The van der Waals surface area contributed by atoms with Crippen LogP contribution < -0.4 is 14.8 Å². The molecule has 1 aromatic rings. The number of amides is 2. The van der Waals surface area contributed by atoms with E-state index < -0.39 is 5.41 Å². The molecule has 6 heteroatoms. The van der Waals surface area contributed by atoms with Crippen molar-refractivity contribution in [1.29, 1.82) is 0 Å². The first-order chi connectivity index (χ1) is 11.8. The van der Waals surface area contributed by atoms with Crippen LogP contribution in [-0.4, -0.2) is 44.0 Å². The molecular weight excluding hydrogens is 320 g/mol. The van der Waals surface area contributed by atoms with Crippen molar-refractivity contribution >= 4 is 17.5 Å². The minimum atomic E-state index is -0.433. The first-order valence-corrected chi connectivity index (χ1v) is 8.58. The second-order valence-corrected chi connectivity index (χ2v) is 7.40. The number of piperidine rings is 1. The number of ether oxygens (including phenoxy) is 2. The maximum atomic E-state index is 12.7. The minimum Gasteiger partial charge on any atom is -0.497 e. The highest BCUT2D eigenvalue weighted by atomic mass is 16.5. The van der Waals surface area contributed by atoms with Crippen LogP contribution >= 0.6 is 0 Å². The number of carbonyl (C=O) groups is 2. The number of carbonyl (C=O) groups excluding carboxylic acids is 2. The van der Waals surface area contributed by atoms with Crippen molar-refractivity contribution in [3.63, 3.8) is 0 Å². The molecule has 2 amide bonds. The molecule has 1 aromatic carbocycles. The Hall–Kier alpha value is -2.24. The number of nitrogens with zero attached hydrogens (tertiary/aromatic N) is 1. The summed E-state index contributed by atoms with van der Waals surface area (Å²) in [6.07, 6.45) is 1.61. The maximum absolute atomic E-state index is 12.7. The summed E-state index contributed by atoms with van der Waals surface area (Å²) in [6.45, 7) is 6.88. The van der Waals surface area contributed by atoms with Gasteiger partial charge < -0.3 is 19.7 Å². The van der Waals surface area contributed by atoms with Crippen molar-refractivity contribution in [1.82, 2.24) is 4.90 Å². The van der Waals surface area contributed by atoms with Crippen LogP contribution in [0.2, 0.25) is 0 Å². The Bertz CT molecular complexity index is 637. The lowest BCUT2D eigenvalue weighted by molar-refractivity contribution is -0.142. The Morgan fingerprint density at radius 3 is 2.52 bits per heavy atom. The Labute approximate surface area is 149 Å². The highest BCUT2D eigenvalue weighted by Gasteiger charge is 2.33. The molecule has 6 nitrogen and oxygen atoms in total. The number of likely N-dealkylation sites (tertiary alicyclic amines) is 1. The quantitative estimate of drug-likeness (QED) is 0.908. The molecule has 1 aliphatic rings. The van der Waals surface area contributed by atoms with E-state index in [1.165, 1.54) is 0 Å².